The van der Waals surface area contributed by atoms with Gasteiger partial charge in [-0.1, -0.05) is 6.07 Å². The summed E-state index contributed by atoms with van der Waals surface area (Å²) in [5.74, 6) is -0.0972. The fourth-order valence-corrected chi connectivity index (χ4v) is 1.59. The lowest BCUT2D eigenvalue weighted by Crippen LogP contribution is -2.34. The van der Waals surface area contributed by atoms with Crippen LogP contribution in [0, 0.1) is 5.82 Å². The second kappa shape index (κ2) is 4.70. The van der Waals surface area contributed by atoms with E-state index in [1.165, 1.54) is 14.2 Å². The summed E-state index contributed by atoms with van der Waals surface area (Å²) in [4.78, 5) is 0. The molecule has 2 N–H and O–H groups in total. The van der Waals surface area contributed by atoms with Crippen LogP contribution in [0.3, 0.4) is 0 Å². The molecule has 0 atom stereocenters. The summed E-state index contributed by atoms with van der Waals surface area (Å²) < 4.78 is 23.8. The van der Waals surface area contributed by atoms with E-state index < -0.39 is 11.4 Å². The molecule has 0 aliphatic carbocycles. The molecule has 0 amide bonds. The van der Waals surface area contributed by atoms with Gasteiger partial charge in [-0.2, -0.15) is 4.39 Å². The molecule has 1 rings (SSSR count). The average Bonchev–Trinajstić information content (AvgIpc) is 2.16. The summed E-state index contributed by atoms with van der Waals surface area (Å²) in [6, 6.07) is 3.36. The predicted molar refractivity (Wildman–Crippen MR) is 61.5 cm³/mol. The lowest BCUT2D eigenvalue weighted by molar-refractivity contribution is 0.344. The van der Waals surface area contributed by atoms with E-state index in [-0.39, 0.29) is 11.5 Å². The third-order valence-electron chi connectivity index (χ3n) is 2.21. The molecule has 0 saturated heterocycles. The molecule has 16 heavy (non-hydrogen) atoms. The average molecular weight is 227 g/mol. The molecule has 4 heteroatoms. The van der Waals surface area contributed by atoms with E-state index in [0.717, 1.165) is 5.56 Å². The highest BCUT2D eigenvalue weighted by molar-refractivity contribution is 5.43. The number of ether oxygens (including phenoxy) is 2. The van der Waals surface area contributed by atoms with Crippen molar-refractivity contribution < 1.29 is 13.9 Å². The van der Waals surface area contributed by atoms with Crippen LogP contribution < -0.4 is 15.2 Å². The van der Waals surface area contributed by atoms with Crippen molar-refractivity contribution in [2.75, 3.05) is 14.2 Å². The normalized spacial score (nSPS) is 11.4. The topological polar surface area (TPSA) is 44.5 Å². The van der Waals surface area contributed by atoms with Gasteiger partial charge in [0.25, 0.3) is 0 Å². The highest BCUT2D eigenvalue weighted by Crippen LogP contribution is 2.31. The molecular formula is C12H18FNO2. The number of methoxy groups -OCH3 is 2. The van der Waals surface area contributed by atoms with Gasteiger partial charge in [0.05, 0.1) is 14.2 Å². The molecule has 0 aromatic heterocycles. The fraction of sp³-hybridized carbons (Fsp3) is 0.500. The minimum absolute atomic E-state index is 0.176. The zero-order chi connectivity index (χ0) is 12.3. The summed E-state index contributed by atoms with van der Waals surface area (Å²) in [5, 5.41) is 0. The molecule has 0 saturated carbocycles. The second-order valence-corrected chi connectivity index (χ2v) is 4.44. The minimum Gasteiger partial charge on any atom is -0.494 e. The Bertz CT molecular complexity index is 372. The maximum absolute atomic E-state index is 13.8. The van der Waals surface area contributed by atoms with Gasteiger partial charge in [0.15, 0.2) is 11.5 Å². The van der Waals surface area contributed by atoms with E-state index in [4.69, 9.17) is 15.2 Å². The summed E-state index contributed by atoms with van der Waals surface area (Å²) in [6.07, 6.45) is 0.539. The molecule has 0 unspecified atom stereocenters. The van der Waals surface area contributed by atoms with Gasteiger partial charge >= 0.3 is 0 Å². The molecule has 0 heterocycles. The van der Waals surface area contributed by atoms with Crippen molar-refractivity contribution in [2.45, 2.75) is 25.8 Å². The largest absolute Gasteiger partial charge is 0.494 e. The summed E-state index contributed by atoms with van der Waals surface area (Å²) >= 11 is 0. The lowest BCUT2D eigenvalue weighted by atomic mass is 9.95. The Morgan fingerprint density at radius 1 is 1.25 bits per heavy atom. The first kappa shape index (κ1) is 12.8. The molecule has 0 fully saturated rings. The van der Waals surface area contributed by atoms with Gasteiger partial charge in [-0.3, -0.25) is 0 Å². The molecule has 0 bridgehead atoms. The smallest absolute Gasteiger partial charge is 0.207 e. The number of rotatable bonds is 4. The highest BCUT2D eigenvalue weighted by atomic mass is 19.1. The molecule has 1 aromatic carbocycles. The van der Waals surface area contributed by atoms with Gasteiger partial charge < -0.3 is 15.2 Å². The predicted octanol–water partition coefficient (Wildman–Crippen LogP) is 2.12. The van der Waals surface area contributed by atoms with Crippen LogP contribution in [0.5, 0.6) is 11.5 Å². The van der Waals surface area contributed by atoms with Gasteiger partial charge in [0.1, 0.15) is 0 Å². The van der Waals surface area contributed by atoms with E-state index in [1.807, 2.05) is 13.8 Å². The lowest BCUT2D eigenvalue weighted by Gasteiger charge is -2.20. The summed E-state index contributed by atoms with van der Waals surface area (Å²) in [6.45, 7) is 3.77. The van der Waals surface area contributed by atoms with Crippen LogP contribution in [0.15, 0.2) is 12.1 Å². The van der Waals surface area contributed by atoms with E-state index in [0.29, 0.717) is 6.42 Å². The standard InChI is InChI=1S/C12H18FNO2/c1-12(2,14)7-8-5-6-9(15-3)10(13)11(8)16-4/h5-6H,7,14H2,1-4H3. The molecule has 0 aliphatic rings. The number of hydrogen-bond donors (Lipinski definition) is 1. The Balaban J connectivity index is 3.16. The first-order valence-corrected chi connectivity index (χ1v) is 5.07. The fourth-order valence-electron chi connectivity index (χ4n) is 1.59. The van der Waals surface area contributed by atoms with Gasteiger partial charge in [-0.05, 0) is 31.9 Å². The van der Waals surface area contributed by atoms with Crippen molar-refractivity contribution >= 4 is 0 Å². The molecule has 0 spiro atoms. The quantitative estimate of drug-likeness (QED) is 0.857. The van der Waals surface area contributed by atoms with Crippen molar-refractivity contribution in [1.82, 2.24) is 0 Å². The number of benzene rings is 1. The van der Waals surface area contributed by atoms with E-state index >= 15 is 0 Å². The van der Waals surface area contributed by atoms with Crippen molar-refractivity contribution in [3.63, 3.8) is 0 Å². The number of halogens is 1. The van der Waals surface area contributed by atoms with Crippen LogP contribution >= 0.6 is 0 Å². The van der Waals surface area contributed by atoms with Crippen LogP contribution in [0.25, 0.3) is 0 Å². The third-order valence-corrected chi connectivity index (χ3v) is 2.21. The molecule has 1 aromatic rings. The van der Waals surface area contributed by atoms with Gasteiger partial charge in [-0.15, -0.1) is 0 Å². The van der Waals surface area contributed by atoms with Crippen molar-refractivity contribution in [1.29, 1.82) is 0 Å². The van der Waals surface area contributed by atoms with Crippen LogP contribution in [0.1, 0.15) is 19.4 Å². The molecule has 90 valence electrons. The Morgan fingerprint density at radius 3 is 2.31 bits per heavy atom. The molecular weight excluding hydrogens is 209 g/mol. The first-order valence-electron chi connectivity index (χ1n) is 5.07. The monoisotopic (exact) mass is 227 g/mol. The number of nitrogens with two attached hydrogens (primary N) is 1. The second-order valence-electron chi connectivity index (χ2n) is 4.44. The Kier molecular flexibility index (Phi) is 3.75. The van der Waals surface area contributed by atoms with Crippen LogP contribution in [-0.2, 0) is 6.42 Å². The third kappa shape index (κ3) is 2.85. The van der Waals surface area contributed by atoms with Gasteiger partial charge in [-0.25, -0.2) is 0 Å². The zero-order valence-electron chi connectivity index (χ0n) is 10.1. The molecule has 0 radical (unpaired) electrons. The summed E-state index contributed by atoms with van der Waals surface area (Å²) in [7, 11) is 2.86. The highest BCUT2D eigenvalue weighted by Gasteiger charge is 2.19. The van der Waals surface area contributed by atoms with Crippen LogP contribution in [0.4, 0.5) is 4.39 Å². The zero-order valence-corrected chi connectivity index (χ0v) is 10.1. The summed E-state index contributed by atoms with van der Waals surface area (Å²) in [5.41, 5.74) is 6.24. The van der Waals surface area contributed by atoms with Crippen molar-refractivity contribution in [2.24, 2.45) is 5.73 Å². The van der Waals surface area contributed by atoms with E-state index in [9.17, 15) is 4.39 Å². The maximum atomic E-state index is 13.8. The van der Waals surface area contributed by atoms with Crippen LogP contribution in [0.2, 0.25) is 0 Å². The van der Waals surface area contributed by atoms with Crippen LogP contribution in [-0.4, -0.2) is 19.8 Å². The Morgan fingerprint density at radius 2 is 1.88 bits per heavy atom. The molecule has 3 nitrogen and oxygen atoms in total. The van der Waals surface area contributed by atoms with E-state index in [1.54, 1.807) is 12.1 Å². The van der Waals surface area contributed by atoms with Gasteiger partial charge in [0, 0.05) is 5.54 Å². The van der Waals surface area contributed by atoms with Crippen molar-refractivity contribution in [3.05, 3.63) is 23.5 Å². The Hall–Kier alpha value is -1.29. The maximum Gasteiger partial charge on any atom is 0.207 e. The van der Waals surface area contributed by atoms with E-state index in [2.05, 4.69) is 0 Å². The van der Waals surface area contributed by atoms with Gasteiger partial charge in [0.2, 0.25) is 5.82 Å². The molecule has 0 aliphatic heterocycles. The first-order chi connectivity index (χ1) is 7.39. The number of hydrogen-bond acceptors (Lipinski definition) is 3. The SMILES string of the molecule is COc1ccc(CC(C)(C)N)c(OC)c1F. The Labute approximate surface area is 95.4 Å². The van der Waals surface area contributed by atoms with Crippen molar-refractivity contribution in [3.8, 4) is 11.5 Å². The minimum atomic E-state index is -0.480.